The summed E-state index contributed by atoms with van der Waals surface area (Å²) >= 11 is 0. The Bertz CT molecular complexity index is 654. The lowest BCUT2D eigenvalue weighted by molar-refractivity contribution is 0.0139. The van der Waals surface area contributed by atoms with E-state index in [0.29, 0.717) is 24.5 Å². The summed E-state index contributed by atoms with van der Waals surface area (Å²) < 4.78 is 30.2. The summed E-state index contributed by atoms with van der Waals surface area (Å²) in [7, 11) is -3.62. The summed E-state index contributed by atoms with van der Waals surface area (Å²) in [5, 5.41) is 9.49. The van der Waals surface area contributed by atoms with E-state index < -0.39 is 18.9 Å². The van der Waals surface area contributed by atoms with Gasteiger partial charge in [0.05, 0.1) is 13.2 Å². The van der Waals surface area contributed by atoms with Crippen molar-refractivity contribution in [3.05, 3.63) is 42.2 Å². The lowest BCUT2D eigenvalue weighted by atomic mass is 9.92. The summed E-state index contributed by atoms with van der Waals surface area (Å²) in [6.45, 7) is 10.0. The van der Waals surface area contributed by atoms with Gasteiger partial charge in [-0.3, -0.25) is 4.57 Å². The van der Waals surface area contributed by atoms with E-state index in [0.717, 1.165) is 0 Å². The zero-order valence-electron chi connectivity index (χ0n) is 13.0. The van der Waals surface area contributed by atoms with Gasteiger partial charge >= 0.3 is 7.60 Å². The molecule has 6 heteroatoms. The van der Waals surface area contributed by atoms with Crippen molar-refractivity contribution in [2.75, 3.05) is 13.2 Å². The number of benzene rings is 1. The van der Waals surface area contributed by atoms with Crippen molar-refractivity contribution in [2.24, 2.45) is 5.41 Å². The van der Waals surface area contributed by atoms with Crippen molar-refractivity contribution in [3.8, 4) is 5.75 Å². The van der Waals surface area contributed by atoms with Crippen LogP contribution in [0, 0.1) is 5.41 Å². The van der Waals surface area contributed by atoms with Gasteiger partial charge in [0.1, 0.15) is 17.6 Å². The van der Waals surface area contributed by atoms with Crippen LogP contribution in [0.5, 0.6) is 5.75 Å². The number of aliphatic hydroxyl groups excluding tert-OH is 1. The maximum Gasteiger partial charge on any atom is 0.347 e. The Morgan fingerprint density at radius 2 is 1.82 bits per heavy atom. The van der Waals surface area contributed by atoms with Crippen LogP contribution >= 0.6 is 7.60 Å². The highest BCUT2D eigenvalue weighted by atomic mass is 31.2. The molecule has 1 aromatic rings. The molecule has 0 aromatic heterocycles. The first-order chi connectivity index (χ1) is 10.2. The largest absolute Gasteiger partial charge is 0.461 e. The van der Waals surface area contributed by atoms with Crippen molar-refractivity contribution >= 4 is 7.60 Å². The van der Waals surface area contributed by atoms with Crippen LogP contribution < -0.4 is 4.74 Å². The Kier molecular flexibility index (Phi) is 3.53. The van der Waals surface area contributed by atoms with Crippen molar-refractivity contribution in [3.63, 3.8) is 0 Å². The van der Waals surface area contributed by atoms with Crippen molar-refractivity contribution in [1.29, 1.82) is 0 Å². The Labute approximate surface area is 130 Å². The van der Waals surface area contributed by atoms with Crippen molar-refractivity contribution < 1.29 is 23.5 Å². The lowest BCUT2D eigenvalue weighted by Gasteiger charge is -2.46. The third kappa shape index (κ3) is 2.16. The van der Waals surface area contributed by atoms with Gasteiger partial charge in [-0.15, -0.1) is 0 Å². The first-order valence-electron chi connectivity index (χ1n) is 7.23. The molecule has 2 aliphatic rings. The normalized spacial score (nSPS) is 32.9. The molecule has 1 saturated heterocycles. The molecule has 1 N–H and O–H groups in total. The summed E-state index contributed by atoms with van der Waals surface area (Å²) in [5.41, 5.74) is 0.342. The van der Waals surface area contributed by atoms with Gasteiger partial charge in [-0.05, 0) is 13.0 Å². The minimum atomic E-state index is -3.62. The van der Waals surface area contributed by atoms with Crippen molar-refractivity contribution in [1.82, 2.24) is 0 Å². The number of ether oxygens (including phenoxy) is 1. The fraction of sp³-hybridized carbons (Fsp3) is 0.500. The predicted octanol–water partition coefficient (Wildman–Crippen LogP) is 3.65. The molecular formula is C16H21O5P. The molecule has 0 saturated carbocycles. The van der Waals surface area contributed by atoms with Crippen LogP contribution in [-0.4, -0.2) is 23.5 Å². The Morgan fingerprint density at radius 3 is 2.45 bits per heavy atom. The topological polar surface area (TPSA) is 65.0 Å². The van der Waals surface area contributed by atoms with E-state index >= 15 is 0 Å². The van der Waals surface area contributed by atoms with Gasteiger partial charge in [-0.1, -0.05) is 38.6 Å². The zero-order chi connectivity index (χ0) is 16.2. The first kappa shape index (κ1) is 15.8. The van der Waals surface area contributed by atoms with Gasteiger partial charge < -0.3 is 18.9 Å². The van der Waals surface area contributed by atoms with Gasteiger partial charge in [0.2, 0.25) is 0 Å². The molecule has 2 aliphatic heterocycles. The molecule has 22 heavy (non-hydrogen) atoms. The van der Waals surface area contributed by atoms with Crippen LogP contribution in [0.25, 0.3) is 0 Å². The van der Waals surface area contributed by atoms with Crippen LogP contribution in [0.4, 0.5) is 0 Å². The summed E-state index contributed by atoms with van der Waals surface area (Å²) in [4.78, 5) is 0. The van der Waals surface area contributed by atoms with E-state index in [1.165, 1.54) is 0 Å². The average molecular weight is 324 g/mol. The fourth-order valence-corrected chi connectivity index (χ4v) is 5.10. The van der Waals surface area contributed by atoms with Gasteiger partial charge in [-0.2, -0.15) is 0 Å². The van der Waals surface area contributed by atoms with Crippen LogP contribution in [0.2, 0.25) is 0 Å². The number of hydrogen-bond acceptors (Lipinski definition) is 5. The van der Waals surface area contributed by atoms with Gasteiger partial charge in [0.15, 0.2) is 5.16 Å². The number of fused-ring (bicyclic) bond motifs is 1. The minimum absolute atomic E-state index is 0.196. The Balaban J connectivity index is 2.02. The predicted molar refractivity (Wildman–Crippen MR) is 82.9 cm³/mol. The molecule has 2 unspecified atom stereocenters. The molecular weight excluding hydrogens is 303 g/mol. The summed E-state index contributed by atoms with van der Waals surface area (Å²) in [6, 6.07) is 7.08. The zero-order valence-corrected chi connectivity index (χ0v) is 13.9. The Morgan fingerprint density at radius 1 is 1.23 bits per heavy atom. The fourth-order valence-electron chi connectivity index (χ4n) is 2.66. The molecule has 0 aliphatic carbocycles. The molecule has 2 atom stereocenters. The second kappa shape index (κ2) is 4.93. The molecule has 3 rings (SSSR count). The standard InChI is InChI=1S/C16H21O5P/c1-11-16(4,22(18)19-9-15(2,3)10-20-22)14(17)12-7-5-6-8-13(12)21-11/h5-8,14,17H,1,9-10H2,2-4H3. The van der Waals surface area contributed by atoms with Crippen LogP contribution in [0.1, 0.15) is 32.4 Å². The summed E-state index contributed by atoms with van der Waals surface area (Å²) in [6.07, 6.45) is -1.07. The van der Waals surface area contributed by atoms with E-state index in [1.807, 2.05) is 13.8 Å². The summed E-state index contributed by atoms with van der Waals surface area (Å²) in [5.74, 6) is 0.711. The highest BCUT2D eigenvalue weighted by Crippen LogP contribution is 2.70. The highest BCUT2D eigenvalue weighted by Gasteiger charge is 2.60. The Hall–Kier alpha value is -1.13. The van der Waals surface area contributed by atoms with Gasteiger partial charge in [-0.25, -0.2) is 0 Å². The highest BCUT2D eigenvalue weighted by molar-refractivity contribution is 7.56. The quantitative estimate of drug-likeness (QED) is 0.799. The molecule has 1 aromatic carbocycles. The lowest BCUT2D eigenvalue weighted by Crippen LogP contribution is -2.44. The van der Waals surface area contributed by atoms with Crippen LogP contribution in [-0.2, 0) is 13.6 Å². The SMILES string of the molecule is C=C1Oc2ccccc2C(O)C1(C)P1(=O)OCC(C)(C)CO1. The van der Waals surface area contributed by atoms with Crippen LogP contribution in [0.3, 0.4) is 0 Å². The number of rotatable bonds is 1. The molecule has 2 heterocycles. The first-order valence-corrected chi connectivity index (χ1v) is 8.77. The molecule has 1 fully saturated rings. The molecule has 0 bridgehead atoms. The molecule has 0 spiro atoms. The van der Waals surface area contributed by atoms with E-state index in [2.05, 4.69) is 6.58 Å². The van der Waals surface area contributed by atoms with Gasteiger partial charge in [0, 0.05) is 11.0 Å². The van der Waals surface area contributed by atoms with Crippen molar-refractivity contribution in [2.45, 2.75) is 32.0 Å². The number of para-hydroxylation sites is 1. The smallest absolute Gasteiger partial charge is 0.347 e. The number of hydrogen-bond donors (Lipinski definition) is 1. The second-order valence-electron chi connectivity index (χ2n) is 6.82. The molecule has 0 amide bonds. The van der Waals surface area contributed by atoms with Gasteiger partial charge in [0.25, 0.3) is 0 Å². The average Bonchev–Trinajstić information content (AvgIpc) is 2.48. The maximum atomic E-state index is 13.3. The van der Waals surface area contributed by atoms with E-state index in [-0.39, 0.29) is 11.2 Å². The van der Waals surface area contributed by atoms with E-state index in [4.69, 9.17) is 13.8 Å². The third-order valence-corrected chi connectivity index (χ3v) is 6.93. The third-order valence-electron chi connectivity index (χ3n) is 4.36. The second-order valence-corrected chi connectivity index (χ2v) is 9.26. The number of aliphatic hydroxyl groups is 1. The van der Waals surface area contributed by atoms with E-state index in [1.54, 1.807) is 31.2 Å². The molecule has 5 nitrogen and oxygen atoms in total. The minimum Gasteiger partial charge on any atom is -0.461 e. The van der Waals surface area contributed by atoms with E-state index in [9.17, 15) is 9.67 Å². The maximum absolute atomic E-state index is 13.3. The molecule has 0 radical (unpaired) electrons. The molecule has 120 valence electrons. The van der Waals surface area contributed by atoms with Crippen LogP contribution in [0.15, 0.2) is 36.6 Å². The monoisotopic (exact) mass is 324 g/mol.